The molecule has 110 valence electrons. The normalized spacial score (nSPS) is 12.0. The Morgan fingerprint density at radius 1 is 1.00 bits per heavy atom. The average molecular weight is 283 g/mol. The van der Waals surface area contributed by atoms with Gasteiger partial charge in [0.05, 0.1) is 6.04 Å². The van der Waals surface area contributed by atoms with Crippen molar-refractivity contribution < 1.29 is 9.53 Å². The van der Waals surface area contributed by atoms with E-state index in [1.807, 2.05) is 60.7 Å². The second kappa shape index (κ2) is 7.48. The summed E-state index contributed by atoms with van der Waals surface area (Å²) < 4.78 is 5.28. The van der Waals surface area contributed by atoms with Gasteiger partial charge in [-0.25, -0.2) is 4.79 Å². The number of alkyl carbamates (subject to hydrolysis) is 1. The van der Waals surface area contributed by atoms with Crippen molar-refractivity contribution in [1.82, 2.24) is 5.32 Å². The van der Waals surface area contributed by atoms with Crippen LogP contribution < -0.4 is 5.32 Å². The molecule has 21 heavy (non-hydrogen) atoms. The lowest BCUT2D eigenvalue weighted by Crippen LogP contribution is -2.32. The zero-order chi connectivity index (χ0) is 15.1. The largest absolute Gasteiger partial charge is 0.445 e. The smallest absolute Gasteiger partial charge is 0.407 e. The predicted octanol–water partition coefficient (Wildman–Crippen LogP) is 4.31. The zero-order valence-electron chi connectivity index (χ0n) is 12.5. The summed E-state index contributed by atoms with van der Waals surface area (Å²) in [7, 11) is 0. The first-order chi connectivity index (χ1) is 10.2. The van der Waals surface area contributed by atoms with Crippen LogP contribution >= 0.6 is 0 Å². The molecule has 0 aromatic heterocycles. The number of hydrogen-bond donors (Lipinski definition) is 1. The van der Waals surface area contributed by atoms with E-state index in [4.69, 9.17) is 4.74 Å². The van der Waals surface area contributed by atoms with E-state index in [9.17, 15) is 4.79 Å². The van der Waals surface area contributed by atoms with Crippen molar-refractivity contribution in [1.29, 1.82) is 0 Å². The first-order valence-corrected chi connectivity index (χ1v) is 7.19. The van der Waals surface area contributed by atoms with Crippen LogP contribution in [0.5, 0.6) is 0 Å². The minimum atomic E-state index is -0.388. The van der Waals surface area contributed by atoms with Gasteiger partial charge in [0, 0.05) is 0 Å². The molecular formula is C18H21NO2. The van der Waals surface area contributed by atoms with Gasteiger partial charge in [0.15, 0.2) is 0 Å². The van der Waals surface area contributed by atoms with E-state index < -0.39 is 0 Å². The predicted molar refractivity (Wildman–Crippen MR) is 83.8 cm³/mol. The monoisotopic (exact) mass is 283 g/mol. The Morgan fingerprint density at radius 2 is 1.57 bits per heavy atom. The van der Waals surface area contributed by atoms with Gasteiger partial charge in [-0.05, 0) is 17.0 Å². The molecule has 0 heterocycles. The van der Waals surface area contributed by atoms with Crippen LogP contribution in [-0.4, -0.2) is 6.09 Å². The van der Waals surface area contributed by atoms with E-state index in [1.165, 1.54) is 0 Å². The molecule has 2 aromatic rings. The summed E-state index contributed by atoms with van der Waals surface area (Å²) >= 11 is 0. The molecule has 0 saturated heterocycles. The summed E-state index contributed by atoms with van der Waals surface area (Å²) in [5.74, 6) is 0.289. The van der Waals surface area contributed by atoms with E-state index in [0.717, 1.165) is 11.1 Å². The average Bonchev–Trinajstić information content (AvgIpc) is 2.52. The van der Waals surface area contributed by atoms with Crippen LogP contribution in [0.25, 0.3) is 0 Å². The number of nitrogens with one attached hydrogen (secondary N) is 1. The fourth-order valence-electron chi connectivity index (χ4n) is 2.19. The van der Waals surface area contributed by atoms with Gasteiger partial charge in [0.25, 0.3) is 0 Å². The van der Waals surface area contributed by atoms with Crippen LogP contribution in [0, 0.1) is 5.92 Å². The van der Waals surface area contributed by atoms with Crippen LogP contribution in [0.3, 0.4) is 0 Å². The molecule has 2 rings (SSSR count). The molecule has 2 aromatic carbocycles. The molecular weight excluding hydrogens is 262 g/mol. The molecule has 0 aliphatic heterocycles. The number of hydrogen-bond acceptors (Lipinski definition) is 2. The first kappa shape index (κ1) is 15.1. The second-order valence-corrected chi connectivity index (χ2v) is 5.34. The highest BCUT2D eigenvalue weighted by molar-refractivity contribution is 5.68. The summed E-state index contributed by atoms with van der Waals surface area (Å²) in [6.45, 7) is 4.44. The lowest BCUT2D eigenvalue weighted by atomic mass is 9.96. The number of benzene rings is 2. The molecule has 3 nitrogen and oxygen atoms in total. The molecule has 0 bridgehead atoms. The number of ether oxygens (including phenoxy) is 1. The van der Waals surface area contributed by atoms with Crippen LogP contribution in [-0.2, 0) is 11.3 Å². The van der Waals surface area contributed by atoms with Crippen molar-refractivity contribution in [3.8, 4) is 0 Å². The third-order valence-electron chi connectivity index (χ3n) is 3.31. The van der Waals surface area contributed by atoms with Gasteiger partial charge in [0.1, 0.15) is 6.61 Å². The lowest BCUT2D eigenvalue weighted by Gasteiger charge is -2.22. The van der Waals surface area contributed by atoms with Gasteiger partial charge in [-0.15, -0.1) is 0 Å². The topological polar surface area (TPSA) is 38.3 Å². The third-order valence-corrected chi connectivity index (χ3v) is 3.31. The minimum Gasteiger partial charge on any atom is -0.445 e. The van der Waals surface area contributed by atoms with Crippen molar-refractivity contribution in [2.75, 3.05) is 0 Å². The van der Waals surface area contributed by atoms with Gasteiger partial charge in [0.2, 0.25) is 0 Å². The number of amides is 1. The minimum absolute atomic E-state index is 0.0468. The zero-order valence-corrected chi connectivity index (χ0v) is 12.5. The molecule has 0 radical (unpaired) electrons. The fourth-order valence-corrected chi connectivity index (χ4v) is 2.19. The molecule has 0 unspecified atom stereocenters. The van der Waals surface area contributed by atoms with Crippen molar-refractivity contribution in [3.05, 3.63) is 71.8 Å². The van der Waals surface area contributed by atoms with Gasteiger partial charge in [-0.3, -0.25) is 0 Å². The Labute approximate surface area is 126 Å². The molecule has 1 atom stereocenters. The maximum Gasteiger partial charge on any atom is 0.407 e. The SMILES string of the molecule is CC(C)[C@H](NC(=O)OCc1ccccc1)c1ccccc1. The first-order valence-electron chi connectivity index (χ1n) is 7.19. The number of carbonyl (C=O) groups excluding carboxylic acids is 1. The molecule has 0 aliphatic rings. The summed E-state index contributed by atoms with van der Waals surface area (Å²) in [4.78, 5) is 12.0. The summed E-state index contributed by atoms with van der Waals surface area (Å²) in [6, 6.07) is 19.6. The standard InChI is InChI=1S/C18H21NO2/c1-14(2)17(16-11-7-4-8-12-16)19-18(20)21-13-15-9-5-3-6-10-15/h3-12,14,17H,13H2,1-2H3,(H,19,20)/t17-/m0/s1. The molecule has 0 fully saturated rings. The van der Waals surface area contributed by atoms with E-state index in [-0.39, 0.29) is 24.7 Å². The number of rotatable bonds is 5. The Morgan fingerprint density at radius 3 is 2.14 bits per heavy atom. The molecule has 0 aliphatic carbocycles. The molecule has 1 N–H and O–H groups in total. The van der Waals surface area contributed by atoms with Gasteiger partial charge in [-0.2, -0.15) is 0 Å². The third kappa shape index (κ3) is 4.63. The summed E-state index contributed by atoms with van der Waals surface area (Å²) in [6.07, 6.45) is -0.388. The molecule has 3 heteroatoms. The molecule has 1 amide bonds. The maximum atomic E-state index is 12.0. The van der Waals surface area contributed by atoms with Crippen molar-refractivity contribution in [3.63, 3.8) is 0 Å². The van der Waals surface area contributed by atoms with E-state index >= 15 is 0 Å². The van der Waals surface area contributed by atoms with E-state index in [1.54, 1.807) is 0 Å². The highest BCUT2D eigenvalue weighted by atomic mass is 16.5. The van der Waals surface area contributed by atoms with Gasteiger partial charge in [-0.1, -0.05) is 74.5 Å². The second-order valence-electron chi connectivity index (χ2n) is 5.34. The molecule has 0 saturated carbocycles. The summed E-state index contributed by atoms with van der Waals surface area (Å²) in [5.41, 5.74) is 2.07. The van der Waals surface area contributed by atoms with Gasteiger partial charge < -0.3 is 10.1 Å². The quantitative estimate of drug-likeness (QED) is 0.888. The van der Waals surface area contributed by atoms with Gasteiger partial charge >= 0.3 is 6.09 Å². The summed E-state index contributed by atoms with van der Waals surface area (Å²) in [5, 5.41) is 2.94. The van der Waals surface area contributed by atoms with Crippen LogP contribution in [0.1, 0.15) is 31.0 Å². The highest BCUT2D eigenvalue weighted by Crippen LogP contribution is 2.21. The maximum absolute atomic E-state index is 12.0. The Balaban J connectivity index is 1.93. The van der Waals surface area contributed by atoms with E-state index in [0.29, 0.717) is 0 Å². The van der Waals surface area contributed by atoms with Crippen molar-refractivity contribution >= 4 is 6.09 Å². The van der Waals surface area contributed by atoms with Crippen LogP contribution in [0.15, 0.2) is 60.7 Å². The van der Waals surface area contributed by atoms with Crippen LogP contribution in [0.2, 0.25) is 0 Å². The molecule has 0 spiro atoms. The van der Waals surface area contributed by atoms with E-state index in [2.05, 4.69) is 19.2 Å². The highest BCUT2D eigenvalue weighted by Gasteiger charge is 2.18. The van der Waals surface area contributed by atoms with Crippen molar-refractivity contribution in [2.45, 2.75) is 26.5 Å². The van der Waals surface area contributed by atoms with Crippen molar-refractivity contribution in [2.24, 2.45) is 5.92 Å². The Kier molecular flexibility index (Phi) is 5.38. The fraction of sp³-hybridized carbons (Fsp3) is 0.278. The lowest BCUT2D eigenvalue weighted by molar-refractivity contribution is 0.132. The Hall–Kier alpha value is -2.29. The Bertz CT molecular complexity index is 552. The van der Waals surface area contributed by atoms with Crippen LogP contribution in [0.4, 0.5) is 4.79 Å². The number of carbonyl (C=O) groups is 1.